The van der Waals surface area contributed by atoms with Crippen LogP contribution in [0.5, 0.6) is 0 Å². The predicted molar refractivity (Wildman–Crippen MR) is 48.0 cm³/mol. The van der Waals surface area contributed by atoms with E-state index in [2.05, 4.69) is 0 Å². The second kappa shape index (κ2) is 4.80. The van der Waals surface area contributed by atoms with Crippen LogP contribution in [0.25, 0.3) is 0 Å². The zero-order valence-corrected chi connectivity index (χ0v) is 7.95. The number of hydrogen-bond acceptors (Lipinski definition) is 3. The van der Waals surface area contributed by atoms with Gasteiger partial charge in [-0.15, -0.1) is 0 Å². The molecule has 0 spiro atoms. The minimum Gasteiger partial charge on any atom is -0.381 e. The zero-order valence-electron chi connectivity index (χ0n) is 7.95. The van der Waals surface area contributed by atoms with Crippen LogP contribution >= 0.6 is 0 Å². The van der Waals surface area contributed by atoms with Gasteiger partial charge in [0, 0.05) is 20.3 Å². The van der Waals surface area contributed by atoms with Gasteiger partial charge in [-0.25, -0.2) is 0 Å². The fraction of sp³-hybridized carbons (Fsp3) is 1.00. The molecule has 0 aromatic rings. The van der Waals surface area contributed by atoms with Gasteiger partial charge in [-0.05, 0) is 25.7 Å². The number of rotatable bonds is 5. The highest BCUT2D eigenvalue weighted by molar-refractivity contribution is 4.86. The molecule has 0 heterocycles. The van der Waals surface area contributed by atoms with Gasteiger partial charge in [0.1, 0.15) is 0 Å². The van der Waals surface area contributed by atoms with E-state index in [1.807, 2.05) is 6.92 Å². The topological polar surface area (TPSA) is 44.5 Å². The van der Waals surface area contributed by atoms with Crippen LogP contribution in [0.4, 0.5) is 0 Å². The summed E-state index contributed by atoms with van der Waals surface area (Å²) in [6.07, 6.45) is 2.92. The first-order chi connectivity index (χ1) is 5.81. The smallest absolute Gasteiger partial charge is 0.0727 e. The summed E-state index contributed by atoms with van der Waals surface area (Å²) in [5.74, 6) is 0.625. The molecule has 1 aliphatic rings. The Bertz CT molecular complexity index is 124. The third-order valence-corrected chi connectivity index (χ3v) is 2.60. The average molecular weight is 173 g/mol. The molecule has 2 N–H and O–H groups in total. The van der Waals surface area contributed by atoms with Crippen molar-refractivity contribution in [3.8, 4) is 0 Å². The third kappa shape index (κ3) is 2.19. The Labute approximate surface area is 74.2 Å². The maximum Gasteiger partial charge on any atom is 0.0727 e. The van der Waals surface area contributed by atoms with E-state index >= 15 is 0 Å². The minimum absolute atomic E-state index is 0.251. The standard InChI is InChI=1S/C9H19NO2/c1-3-12-9(6-10)7-4-8(5-7)11-2/h7-9H,3-6,10H2,1-2H3. The van der Waals surface area contributed by atoms with Crippen molar-refractivity contribution in [3.05, 3.63) is 0 Å². The molecule has 12 heavy (non-hydrogen) atoms. The van der Waals surface area contributed by atoms with Crippen LogP contribution in [0, 0.1) is 5.92 Å². The van der Waals surface area contributed by atoms with Crippen molar-refractivity contribution in [1.29, 1.82) is 0 Å². The van der Waals surface area contributed by atoms with Gasteiger partial charge in [0.05, 0.1) is 12.2 Å². The second-order valence-electron chi connectivity index (χ2n) is 3.32. The van der Waals surface area contributed by atoms with Gasteiger partial charge in [-0.1, -0.05) is 0 Å². The molecule has 0 radical (unpaired) electrons. The molecular formula is C9H19NO2. The van der Waals surface area contributed by atoms with Crippen LogP contribution in [-0.4, -0.2) is 32.5 Å². The Kier molecular flexibility index (Phi) is 3.98. The molecule has 72 valence electrons. The van der Waals surface area contributed by atoms with E-state index in [4.69, 9.17) is 15.2 Å². The summed E-state index contributed by atoms with van der Waals surface area (Å²) < 4.78 is 10.7. The van der Waals surface area contributed by atoms with Gasteiger partial charge >= 0.3 is 0 Å². The molecule has 0 aliphatic heterocycles. The fourth-order valence-electron chi connectivity index (χ4n) is 1.71. The lowest BCUT2D eigenvalue weighted by Gasteiger charge is -2.38. The summed E-state index contributed by atoms with van der Waals surface area (Å²) in [6.45, 7) is 3.40. The molecule has 3 nitrogen and oxygen atoms in total. The van der Waals surface area contributed by atoms with E-state index in [9.17, 15) is 0 Å². The SMILES string of the molecule is CCOC(CN)C1CC(OC)C1. The molecule has 1 unspecified atom stereocenters. The first-order valence-corrected chi connectivity index (χ1v) is 4.66. The fourth-order valence-corrected chi connectivity index (χ4v) is 1.71. The van der Waals surface area contributed by atoms with Gasteiger partial charge in [0.25, 0.3) is 0 Å². The summed E-state index contributed by atoms with van der Waals surface area (Å²) in [6, 6.07) is 0. The van der Waals surface area contributed by atoms with Gasteiger partial charge in [0.2, 0.25) is 0 Å². The van der Waals surface area contributed by atoms with Crippen LogP contribution < -0.4 is 5.73 Å². The number of ether oxygens (including phenoxy) is 2. The lowest BCUT2D eigenvalue weighted by atomic mass is 9.78. The summed E-state index contributed by atoms with van der Waals surface area (Å²) in [5, 5.41) is 0. The molecule has 1 saturated carbocycles. The van der Waals surface area contributed by atoms with Crippen LogP contribution in [-0.2, 0) is 9.47 Å². The lowest BCUT2D eigenvalue weighted by molar-refractivity contribution is -0.0709. The maximum absolute atomic E-state index is 5.59. The molecule has 1 fully saturated rings. The predicted octanol–water partition coefficient (Wildman–Crippen LogP) is 0.775. The Morgan fingerprint density at radius 2 is 2.17 bits per heavy atom. The minimum atomic E-state index is 0.251. The van der Waals surface area contributed by atoms with Gasteiger partial charge < -0.3 is 15.2 Å². The summed E-state index contributed by atoms with van der Waals surface area (Å²) in [4.78, 5) is 0. The van der Waals surface area contributed by atoms with E-state index in [-0.39, 0.29) is 6.10 Å². The highest BCUT2D eigenvalue weighted by Crippen LogP contribution is 2.33. The van der Waals surface area contributed by atoms with Crippen LogP contribution in [0.2, 0.25) is 0 Å². The summed E-state index contributed by atoms with van der Waals surface area (Å²) in [5.41, 5.74) is 5.59. The molecule has 0 bridgehead atoms. The molecule has 3 heteroatoms. The van der Waals surface area contributed by atoms with Crippen molar-refractivity contribution in [3.63, 3.8) is 0 Å². The Morgan fingerprint density at radius 3 is 2.58 bits per heavy atom. The van der Waals surface area contributed by atoms with Crippen molar-refractivity contribution in [2.24, 2.45) is 11.7 Å². The van der Waals surface area contributed by atoms with E-state index < -0.39 is 0 Å². The lowest BCUT2D eigenvalue weighted by Crippen LogP contribution is -2.43. The van der Waals surface area contributed by atoms with Crippen molar-refractivity contribution in [2.45, 2.75) is 32.0 Å². The second-order valence-corrected chi connectivity index (χ2v) is 3.32. The van der Waals surface area contributed by atoms with Crippen LogP contribution in [0.15, 0.2) is 0 Å². The van der Waals surface area contributed by atoms with Gasteiger partial charge in [-0.3, -0.25) is 0 Å². The largest absolute Gasteiger partial charge is 0.381 e. The van der Waals surface area contributed by atoms with Crippen molar-refractivity contribution in [2.75, 3.05) is 20.3 Å². The summed E-state index contributed by atoms with van der Waals surface area (Å²) >= 11 is 0. The van der Waals surface area contributed by atoms with Gasteiger partial charge in [-0.2, -0.15) is 0 Å². The number of hydrogen-bond donors (Lipinski definition) is 1. The third-order valence-electron chi connectivity index (χ3n) is 2.60. The highest BCUT2D eigenvalue weighted by atomic mass is 16.5. The Morgan fingerprint density at radius 1 is 1.50 bits per heavy atom. The van der Waals surface area contributed by atoms with Gasteiger partial charge in [0.15, 0.2) is 0 Å². The first kappa shape index (κ1) is 9.96. The quantitative estimate of drug-likeness (QED) is 0.668. The summed E-state index contributed by atoms with van der Waals surface area (Å²) in [7, 11) is 1.76. The van der Waals surface area contributed by atoms with Crippen molar-refractivity contribution < 1.29 is 9.47 Å². The van der Waals surface area contributed by atoms with E-state index in [0.29, 0.717) is 18.6 Å². The molecule has 1 atom stereocenters. The Balaban J connectivity index is 2.19. The first-order valence-electron chi connectivity index (χ1n) is 4.66. The van der Waals surface area contributed by atoms with E-state index in [1.165, 1.54) is 0 Å². The zero-order chi connectivity index (χ0) is 8.97. The molecule has 1 rings (SSSR count). The van der Waals surface area contributed by atoms with Crippen LogP contribution in [0.3, 0.4) is 0 Å². The van der Waals surface area contributed by atoms with E-state index in [0.717, 1.165) is 19.4 Å². The van der Waals surface area contributed by atoms with E-state index in [1.54, 1.807) is 7.11 Å². The highest BCUT2D eigenvalue weighted by Gasteiger charge is 2.34. The molecule has 0 aromatic carbocycles. The molecule has 0 amide bonds. The normalized spacial score (nSPS) is 31.2. The monoisotopic (exact) mass is 173 g/mol. The molecule has 0 aromatic heterocycles. The molecule has 1 aliphatic carbocycles. The maximum atomic E-state index is 5.59. The van der Waals surface area contributed by atoms with Crippen LogP contribution in [0.1, 0.15) is 19.8 Å². The molecule has 0 saturated heterocycles. The van der Waals surface area contributed by atoms with Crippen molar-refractivity contribution >= 4 is 0 Å². The Hall–Kier alpha value is -0.120. The molecular weight excluding hydrogens is 154 g/mol. The number of methoxy groups -OCH3 is 1. The number of nitrogens with two attached hydrogens (primary N) is 1. The average Bonchev–Trinajstić information content (AvgIpc) is 2.01. The van der Waals surface area contributed by atoms with Crippen molar-refractivity contribution in [1.82, 2.24) is 0 Å².